The molecule has 1 aromatic carbocycles. The second-order valence-electron chi connectivity index (χ2n) is 3.17. The monoisotopic (exact) mass is 260 g/mol. The first kappa shape index (κ1) is 13.1. The Morgan fingerprint density at radius 1 is 1.12 bits per heavy atom. The number of nitrogens with one attached hydrogen (secondary N) is 1. The van der Waals surface area contributed by atoms with Crippen LogP contribution in [0.1, 0.15) is 0 Å². The van der Waals surface area contributed by atoms with E-state index in [9.17, 15) is 4.79 Å². The van der Waals surface area contributed by atoms with Gasteiger partial charge in [-0.15, -0.1) is 23.2 Å². The third-order valence-electron chi connectivity index (χ3n) is 2.17. The molecule has 0 atom stereocenters. The lowest BCUT2D eigenvalue weighted by molar-refractivity contribution is -0.105. The Hall–Kier alpha value is -0.930. The number of halogens is 2. The van der Waals surface area contributed by atoms with Gasteiger partial charge in [-0.1, -0.05) is 0 Å². The zero-order valence-electron chi connectivity index (χ0n) is 8.83. The number of rotatable bonds is 7. The van der Waals surface area contributed by atoms with Crippen LogP contribution < -0.4 is 10.2 Å². The zero-order chi connectivity index (χ0) is 11.8. The van der Waals surface area contributed by atoms with E-state index >= 15 is 0 Å². The van der Waals surface area contributed by atoms with Gasteiger partial charge in [0.25, 0.3) is 0 Å². The molecule has 0 fully saturated rings. The molecule has 0 bridgehead atoms. The standard InChI is InChI=1S/C11H14Cl2N2O/c12-5-7-15(8-6-13)11-3-1-10(2-4-11)14-9-16/h1-4,9H,5-8H2,(H,14,16). The van der Waals surface area contributed by atoms with Crippen LogP contribution in [-0.4, -0.2) is 31.3 Å². The molecule has 3 nitrogen and oxygen atoms in total. The maximum Gasteiger partial charge on any atom is 0.211 e. The largest absolute Gasteiger partial charge is 0.369 e. The van der Waals surface area contributed by atoms with Crippen molar-refractivity contribution in [1.82, 2.24) is 0 Å². The minimum Gasteiger partial charge on any atom is -0.369 e. The minimum absolute atomic E-state index is 0.561. The number of hydrogen-bond donors (Lipinski definition) is 1. The molecule has 88 valence electrons. The van der Waals surface area contributed by atoms with Crippen molar-refractivity contribution in [2.75, 3.05) is 35.1 Å². The topological polar surface area (TPSA) is 32.3 Å². The summed E-state index contributed by atoms with van der Waals surface area (Å²) in [6.07, 6.45) is 0.657. The summed E-state index contributed by atoms with van der Waals surface area (Å²) in [5.74, 6) is 1.12. The van der Waals surface area contributed by atoms with Crippen molar-refractivity contribution in [1.29, 1.82) is 0 Å². The van der Waals surface area contributed by atoms with Crippen LogP contribution in [0.3, 0.4) is 0 Å². The van der Waals surface area contributed by atoms with Gasteiger partial charge in [-0.25, -0.2) is 0 Å². The van der Waals surface area contributed by atoms with Crippen molar-refractivity contribution < 1.29 is 4.79 Å². The highest BCUT2D eigenvalue weighted by atomic mass is 35.5. The van der Waals surface area contributed by atoms with Gasteiger partial charge in [0.05, 0.1) is 0 Å². The summed E-state index contributed by atoms with van der Waals surface area (Å²) >= 11 is 11.4. The molecule has 0 aliphatic rings. The smallest absolute Gasteiger partial charge is 0.211 e. The first-order chi connectivity index (χ1) is 7.81. The highest BCUT2D eigenvalue weighted by Crippen LogP contribution is 2.17. The second-order valence-corrected chi connectivity index (χ2v) is 3.93. The van der Waals surface area contributed by atoms with E-state index in [1.807, 2.05) is 24.3 Å². The number of amides is 1. The van der Waals surface area contributed by atoms with Gasteiger partial charge in [-0.05, 0) is 24.3 Å². The van der Waals surface area contributed by atoms with E-state index in [1.165, 1.54) is 0 Å². The van der Waals surface area contributed by atoms with Gasteiger partial charge >= 0.3 is 0 Å². The lowest BCUT2D eigenvalue weighted by atomic mass is 10.2. The molecular formula is C11H14Cl2N2O. The summed E-state index contributed by atoms with van der Waals surface area (Å²) in [7, 11) is 0. The number of carbonyl (C=O) groups excluding carboxylic acids is 1. The summed E-state index contributed by atoms with van der Waals surface area (Å²) in [6, 6.07) is 7.56. The van der Waals surface area contributed by atoms with Gasteiger partial charge < -0.3 is 10.2 Å². The lowest BCUT2D eigenvalue weighted by Crippen LogP contribution is -2.27. The number of hydrogen-bond acceptors (Lipinski definition) is 2. The van der Waals surface area contributed by atoms with Crippen molar-refractivity contribution in [2.45, 2.75) is 0 Å². The molecule has 0 saturated carbocycles. The molecule has 16 heavy (non-hydrogen) atoms. The molecule has 0 aliphatic heterocycles. The summed E-state index contributed by atoms with van der Waals surface area (Å²) < 4.78 is 0. The molecule has 1 aromatic rings. The van der Waals surface area contributed by atoms with Crippen LogP contribution >= 0.6 is 23.2 Å². The summed E-state index contributed by atoms with van der Waals surface area (Å²) in [4.78, 5) is 12.3. The normalized spacial score (nSPS) is 9.88. The SMILES string of the molecule is O=CNc1ccc(N(CCCl)CCCl)cc1. The van der Waals surface area contributed by atoms with Gasteiger partial charge in [-0.3, -0.25) is 4.79 Å². The first-order valence-corrected chi connectivity index (χ1v) is 6.06. The number of nitrogens with zero attached hydrogens (tertiary/aromatic N) is 1. The molecule has 0 radical (unpaired) electrons. The fraction of sp³-hybridized carbons (Fsp3) is 0.364. The quantitative estimate of drug-likeness (QED) is 0.604. The molecule has 0 unspecified atom stereocenters. The highest BCUT2D eigenvalue weighted by molar-refractivity contribution is 6.18. The average molecular weight is 261 g/mol. The fourth-order valence-corrected chi connectivity index (χ4v) is 1.82. The number of alkyl halides is 2. The van der Waals surface area contributed by atoms with Crippen LogP contribution in [-0.2, 0) is 4.79 Å². The predicted octanol–water partition coefficient (Wildman–Crippen LogP) is 2.54. The lowest BCUT2D eigenvalue weighted by Gasteiger charge is -2.22. The molecular weight excluding hydrogens is 247 g/mol. The first-order valence-electron chi connectivity index (χ1n) is 4.99. The van der Waals surface area contributed by atoms with E-state index in [2.05, 4.69) is 10.2 Å². The Morgan fingerprint density at radius 3 is 2.12 bits per heavy atom. The van der Waals surface area contributed by atoms with Crippen LogP contribution in [0.4, 0.5) is 11.4 Å². The van der Waals surface area contributed by atoms with Gasteiger partial charge in [0.15, 0.2) is 0 Å². The molecule has 0 saturated heterocycles. The number of benzene rings is 1. The van der Waals surface area contributed by atoms with Crippen molar-refractivity contribution in [3.63, 3.8) is 0 Å². The molecule has 0 aromatic heterocycles. The molecule has 0 heterocycles. The third kappa shape index (κ3) is 3.91. The molecule has 0 spiro atoms. The van der Waals surface area contributed by atoms with Crippen molar-refractivity contribution >= 4 is 41.0 Å². The van der Waals surface area contributed by atoms with Gasteiger partial charge in [0.1, 0.15) is 0 Å². The van der Waals surface area contributed by atoms with Crippen LogP contribution in [0, 0.1) is 0 Å². The second kappa shape index (κ2) is 7.36. The van der Waals surface area contributed by atoms with Gasteiger partial charge in [0.2, 0.25) is 6.41 Å². The summed E-state index contributed by atoms with van der Waals surface area (Å²) in [5, 5.41) is 2.59. The van der Waals surface area contributed by atoms with Crippen LogP contribution in [0.25, 0.3) is 0 Å². The maximum atomic E-state index is 10.2. The molecule has 1 amide bonds. The van der Waals surface area contributed by atoms with E-state index in [0.717, 1.165) is 24.5 Å². The average Bonchev–Trinajstić information content (AvgIpc) is 2.30. The third-order valence-corrected chi connectivity index (χ3v) is 2.50. The zero-order valence-corrected chi connectivity index (χ0v) is 10.3. The Morgan fingerprint density at radius 2 is 1.69 bits per heavy atom. The Balaban J connectivity index is 2.72. The van der Waals surface area contributed by atoms with E-state index in [-0.39, 0.29) is 0 Å². The highest BCUT2D eigenvalue weighted by Gasteiger charge is 2.04. The fourth-order valence-electron chi connectivity index (χ4n) is 1.41. The Kier molecular flexibility index (Phi) is 6.04. The maximum absolute atomic E-state index is 10.2. The summed E-state index contributed by atoms with van der Waals surface area (Å²) in [6.45, 7) is 1.52. The predicted molar refractivity (Wildman–Crippen MR) is 69.8 cm³/mol. The molecule has 1 N–H and O–H groups in total. The molecule has 1 rings (SSSR count). The van der Waals surface area contributed by atoms with Crippen LogP contribution in [0.2, 0.25) is 0 Å². The van der Waals surface area contributed by atoms with Gasteiger partial charge in [-0.2, -0.15) is 0 Å². The molecule has 0 aliphatic carbocycles. The molecule has 5 heteroatoms. The van der Waals surface area contributed by atoms with Crippen molar-refractivity contribution in [3.8, 4) is 0 Å². The van der Waals surface area contributed by atoms with Crippen molar-refractivity contribution in [2.24, 2.45) is 0 Å². The van der Waals surface area contributed by atoms with Crippen LogP contribution in [0.15, 0.2) is 24.3 Å². The van der Waals surface area contributed by atoms with Gasteiger partial charge in [0, 0.05) is 36.2 Å². The van der Waals surface area contributed by atoms with E-state index < -0.39 is 0 Å². The minimum atomic E-state index is 0.561. The van der Waals surface area contributed by atoms with E-state index in [1.54, 1.807) is 0 Å². The number of carbonyl (C=O) groups is 1. The Bertz CT molecular complexity index is 310. The number of anilines is 2. The Labute approximate surface area is 105 Å². The van der Waals surface area contributed by atoms with E-state index in [0.29, 0.717) is 18.2 Å². The van der Waals surface area contributed by atoms with E-state index in [4.69, 9.17) is 23.2 Å². The van der Waals surface area contributed by atoms with Crippen LogP contribution in [0.5, 0.6) is 0 Å². The van der Waals surface area contributed by atoms with Crippen molar-refractivity contribution in [3.05, 3.63) is 24.3 Å². The summed E-state index contributed by atoms with van der Waals surface area (Å²) in [5.41, 5.74) is 1.83.